The van der Waals surface area contributed by atoms with Crippen molar-refractivity contribution < 1.29 is 18.3 Å². The van der Waals surface area contributed by atoms with Crippen LogP contribution in [0.1, 0.15) is 5.56 Å². The molecule has 44 heavy (non-hydrogen) atoms. The molecule has 6 aromatic rings. The number of hydrogen-bond donors (Lipinski definition) is 1. The summed E-state index contributed by atoms with van der Waals surface area (Å²) < 4.78 is 28.0. The number of para-hydroxylation sites is 2. The number of rotatable bonds is 8. The molecule has 0 fully saturated rings. The number of aromatic nitrogens is 2. The molecule has 11 heteroatoms. The molecule has 0 radical (unpaired) electrons. The summed E-state index contributed by atoms with van der Waals surface area (Å²) in [7, 11) is 3.74. The van der Waals surface area contributed by atoms with Gasteiger partial charge in [-0.3, -0.25) is 9.59 Å². The van der Waals surface area contributed by atoms with Crippen LogP contribution in [-0.2, 0) is 4.79 Å². The number of carbonyl (C=O) groups excluding carboxylic acids is 1. The number of amides is 1. The first-order valence-corrected chi connectivity index (χ1v) is 14.3. The van der Waals surface area contributed by atoms with Gasteiger partial charge in [-0.2, -0.15) is 9.78 Å². The van der Waals surface area contributed by atoms with E-state index in [-0.39, 0.29) is 23.7 Å². The van der Waals surface area contributed by atoms with Crippen LogP contribution in [0, 0.1) is 5.82 Å². The molecule has 2 heterocycles. The summed E-state index contributed by atoms with van der Waals surface area (Å²) in [5, 5.41) is 8.26. The third kappa shape index (κ3) is 5.95. The summed E-state index contributed by atoms with van der Waals surface area (Å²) in [6, 6.07) is 25.7. The fraction of sp³-hybridized carbons (Fsp3) is 0.0909. The van der Waals surface area contributed by atoms with Gasteiger partial charge in [0, 0.05) is 41.3 Å². The molecule has 220 valence electrons. The molecule has 0 unspecified atom stereocenters. The standard InChI is InChI=1S/C33H25BrFN5O4/c1-39(2)23-13-11-20(29(17-23)43-19-31(41)37-27-10-6-4-8-25(27)35)18-36-40-32(38-26-9-5-3-7-24(26)33(40)42)30-16-21-15-22(34)12-14-28(21)44-30/h3-18H,19H2,1-2H3,(H,37,41). The van der Waals surface area contributed by atoms with E-state index in [1.54, 1.807) is 48.5 Å². The number of fused-ring (bicyclic) bond motifs is 2. The Kier molecular flexibility index (Phi) is 7.95. The van der Waals surface area contributed by atoms with Gasteiger partial charge in [-0.05, 0) is 60.7 Å². The SMILES string of the molecule is CN(C)c1ccc(C=Nn2c(-c3cc4cc(Br)ccc4o3)nc3ccccc3c2=O)c(OCC(=O)Nc2ccccc2F)c1. The fourth-order valence-electron chi connectivity index (χ4n) is 4.56. The van der Waals surface area contributed by atoms with Gasteiger partial charge in [0.25, 0.3) is 11.5 Å². The van der Waals surface area contributed by atoms with E-state index in [1.807, 2.05) is 43.3 Å². The van der Waals surface area contributed by atoms with Crippen LogP contribution in [0.2, 0.25) is 0 Å². The molecule has 1 amide bonds. The average Bonchev–Trinajstić information content (AvgIpc) is 3.44. The van der Waals surface area contributed by atoms with Crippen LogP contribution in [0.4, 0.5) is 15.8 Å². The van der Waals surface area contributed by atoms with Crippen LogP contribution in [0.5, 0.6) is 5.75 Å². The number of furan rings is 1. The number of hydrogen-bond acceptors (Lipinski definition) is 7. The minimum atomic E-state index is -0.550. The van der Waals surface area contributed by atoms with Crippen LogP contribution in [-0.4, -0.2) is 42.5 Å². The van der Waals surface area contributed by atoms with Gasteiger partial charge in [0.05, 0.1) is 22.8 Å². The minimum absolute atomic E-state index is 0.0542. The van der Waals surface area contributed by atoms with Gasteiger partial charge in [0.15, 0.2) is 12.4 Å². The Morgan fingerprint density at radius 3 is 2.68 bits per heavy atom. The van der Waals surface area contributed by atoms with Crippen molar-refractivity contribution in [2.45, 2.75) is 0 Å². The molecule has 0 aliphatic carbocycles. The number of nitrogens with zero attached hydrogens (tertiary/aromatic N) is 4. The Labute approximate surface area is 259 Å². The lowest BCUT2D eigenvalue weighted by Gasteiger charge is -2.16. The normalized spacial score (nSPS) is 11.4. The monoisotopic (exact) mass is 653 g/mol. The summed E-state index contributed by atoms with van der Waals surface area (Å²) in [4.78, 5) is 32.9. The second-order valence-electron chi connectivity index (χ2n) is 10.0. The third-order valence-corrected chi connectivity index (χ3v) is 7.28. The summed E-state index contributed by atoms with van der Waals surface area (Å²) in [6.07, 6.45) is 1.46. The molecule has 0 saturated carbocycles. The lowest BCUT2D eigenvalue weighted by molar-refractivity contribution is -0.118. The van der Waals surface area contributed by atoms with Gasteiger partial charge >= 0.3 is 0 Å². The maximum absolute atomic E-state index is 14.0. The highest BCUT2D eigenvalue weighted by molar-refractivity contribution is 9.10. The first-order chi connectivity index (χ1) is 21.3. The second kappa shape index (κ2) is 12.1. The Bertz CT molecular complexity index is 2120. The molecular weight excluding hydrogens is 629 g/mol. The van der Waals surface area contributed by atoms with E-state index >= 15 is 0 Å². The minimum Gasteiger partial charge on any atom is -0.483 e. The maximum atomic E-state index is 14.0. The highest BCUT2D eigenvalue weighted by atomic mass is 79.9. The fourth-order valence-corrected chi connectivity index (χ4v) is 4.94. The Morgan fingerprint density at radius 1 is 1.07 bits per heavy atom. The summed E-state index contributed by atoms with van der Waals surface area (Å²) in [5.74, 6) is -0.176. The van der Waals surface area contributed by atoms with Gasteiger partial charge < -0.3 is 19.4 Å². The number of ether oxygens (including phenoxy) is 1. The summed E-state index contributed by atoms with van der Waals surface area (Å²) >= 11 is 3.48. The van der Waals surface area contributed by atoms with Gasteiger partial charge in [-0.25, -0.2) is 9.37 Å². The van der Waals surface area contributed by atoms with E-state index in [1.165, 1.54) is 29.1 Å². The van der Waals surface area contributed by atoms with Crippen molar-refractivity contribution in [3.05, 3.63) is 117 Å². The Morgan fingerprint density at radius 2 is 1.86 bits per heavy atom. The van der Waals surface area contributed by atoms with E-state index in [0.29, 0.717) is 33.6 Å². The molecule has 0 atom stereocenters. The van der Waals surface area contributed by atoms with E-state index in [2.05, 4.69) is 26.3 Å². The maximum Gasteiger partial charge on any atom is 0.282 e. The lowest BCUT2D eigenvalue weighted by atomic mass is 10.2. The molecule has 4 aromatic carbocycles. The molecule has 0 saturated heterocycles. The van der Waals surface area contributed by atoms with E-state index in [0.717, 1.165) is 15.5 Å². The van der Waals surface area contributed by atoms with Crippen LogP contribution >= 0.6 is 15.9 Å². The van der Waals surface area contributed by atoms with Crippen molar-refractivity contribution >= 4 is 61.3 Å². The number of carbonyl (C=O) groups is 1. The number of benzene rings is 4. The largest absolute Gasteiger partial charge is 0.483 e. The van der Waals surface area contributed by atoms with E-state index in [4.69, 9.17) is 14.1 Å². The van der Waals surface area contributed by atoms with Gasteiger partial charge in [-0.15, -0.1) is 0 Å². The number of anilines is 2. The molecule has 2 aromatic heterocycles. The van der Waals surface area contributed by atoms with E-state index < -0.39 is 11.7 Å². The van der Waals surface area contributed by atoms with Crippen LogP contribution < -0.4 is 20.5 Å². The zero-order chi connectivity index (χ0) is 30.8. The predicted molar refractivity (Wildman–Crippen MR) is 173 cm³/mol. The molecule has 0 bridgehead atoms. The molecule has 6 rings (SSSR count). The molecule has 9 nitrogen and oxygen atoms in total. The van der Waals surface area contributed by atoms with Crippen molar-refractivity contribution in [3.8, 4) is 17.3 Å². The third-order valence-electron chi connectivity index (χ3n) is 6.79. The highest BCUT2D eigenvalue weighted by Gasteiger charge is 2.17. The average molecular weight is 654 g/mol. The predicted octanol–water partition coefficient (Wildman–Crippen LogP) is 6.68. The highest BCUT2D eigenvalue weighted by Crippen LogP contribution is 2.30. The van der Waals surface area contributed by atoms with Crippen molar-refractivity contribution in [3.63, 3.8) is 0 Å². The molecular formula is C33H25BrFN5O4. The summed E-state index contributed by atoms with van der Waals surface area (Å²) in [6.45, 7) is -0.386. The lowest BCUT2D eigenvalue weighted by Crippen LogP contribution is -2.21. The Hall–Kier alpha value is -5.29. The molecule has 0 aliphatic heterocycles. The van der Waals surface area contributed by atoms with Crippen molar-refractivity contribution in [1.29, 1.82) is 0 Å². The Balaban J connectivity index is 1.38. The van der Waals surface area contributed by atoms with Crippen molar-refractivity contribution in [1.82, 2.24) is 9.66 Å². The van der Waals surface area contributed by atoms with Gasteiger partial charge in [0.1, 0.15) is 17.1 Å². The first-order valence-electron chi connectivity index (χ1n) is 13.5. The van der Waals surface area contributed by atoms with Crippen molar-refractivity contribution in [2.24, 2.45) is 5.10 Å². The molecule has 0 spiro atoms. The van der Waals surface area contributed by atoms with Crippen molar-refractivity contribution in [2.75, 3.05) is 30.9 Å². The quantitative estimate of drug-likeness (QED) is 0.184. The van der Waals surface area contributed by atoms with Crippen LogP contribution in [0.25, 0.3) is 33.5 Å². The zero-order valence-corrected chi connectivity index (χ0v) is 25.2. The van der Waals surface area contributed by atoms with Crippen LogP contribution in [0.15, 0.2) is 110 Å². The topological polar surface area (TPSA) is 102 Å². The number of halogens is 2. The van der Waals surface area contributed by atoms with E-state index in [9.17, 15) is 14.0 Å². The molecule has 1 N–H and O–H groups in total. The smallest absolute Gasteiger partial charge is 0.282 e. The van der Waals surface area contributed by atoms with Gasteiger partial charge in [0.2, 0.25) is 5.82 Å². The first kappa shape index (κ1) is 28.8. The second-order valence-corrected chi connectivity index (χ2v) is 11.0. The number of nitrogens with one attached hydrogen (secondary N) is 1. The zero-order valence-electron chi connectivity index (χ0n) is 23.6. The summed E-state index contributed by atoms with van der Waals surface area (Å²) in [5.41, 5.74) is 2.10. The van der Waals surface area contributed by atoms with Crippen LogP contribution in [0.3, 0.4) is 0 Å². The molecule has 0 aliphatic rings. The van der Waals surface area contributed by atoms with Gasteiger partial charge in [-0.1, -0.05) is 40.2 Å².